The van der Waals surface area contributed by atoms with Crippen molar-refractivity contribution in [3.63, 3.8) is 0 Å². The Kier molecular flexibility index (Phi) is 5.14. The summed E-state index contributed by atoms with van der Waals surface area (Å²) in [5.41, 5.74) is -0.379. The van der Waals surface area contributed by atoms with Crippen LogP contribution in [0.1, 0.15) is 40.5 Å². The van der Waals surface area contributed by atoms with Crippen LogP contribution in [0.3, 0.4) is 0 Å². The van der Waals surface area contributed by atoms with Crippen molar-refractivity contribution in [3.8, 4) is 0 Å². The topological polar surface area (TPSA) is 95.5 Å². The number of nitrogens with one attached hydrogen (secondary N) is 2. The molecule has 20 heavy (non-hydrogen) atoms. The lowest BCUT2D eigenvalue weighted by molar-refractivity contribution is -0.150. The molecule has 0 spiro atoms. The van der Waals surface area contributed by atoms with Gasteiger partial charge in [0.2, 0.25) is 11.8 Å². The van der Waals surface area contributed by atoms with Crippen molar-refractivity contribution in [3.05, 3.63) is 0 Å². The molecule has 1 aliphatic rings. The first-order valence-corrected chi connectivity index (χ1v) is 6.92. The van der Waals surface area contributed by atoms with Crippen LogP contribution in [0, 0.1) is 17.3 Å². The van der Waals surface area contributed by atoms with Crippen molar-refractivity contribution in [2.75, 3.05) is 6.54 Å². The molecule has 2 amide bonds. The fourth-order valence-electron chi connectivity index (χ4n) is 2.91. The molecule has 0 heterocycles. The molecule has 0 saturated heterocycles. The molecule has 114 valence electrons. The summed E-state index contributed by atoms with van der Waals surface area (Å²) in [6.07, 6.45) is 1.20. The van der Waals surface area contributed by atoms with E-state index in [0.717, 1.165) is 0 Å². The second kappa shape index (κ2) is 6.24. The molecule has 1 aliphatic carbocycles. The first-order chi connectivity index (χ1) is 9.16. The molecule has 0 aromatic heterocycles. The molecule has 0 aliphatic heterocycles. The van der Waals surface area contributed by atoms with Crippen LogP contribution in [0.5, 0.6) is 0 Å². The summed E-state index contributed by atoms with van der Waals surface area (Å²) in [5.74, 6) is -1.59. The van der Waals surface area contributed by atoms with Crippen LogP contribution in [0.4, 0.5) is 0 Å². The van der Waals surface area contributed by atoms with Gasteiger partial charge in [-0.2, -0.15) is 0 Å². The molecular formula is C14H24N2O4. The predicted molar refractivity (Wildman–Crippen MR) is 73.9 cm³/mol. The molecule has 6 heteroatoms. The van der Waals surface area contributed by atoms with E-state index in [1.165, 1.54) is 6.92 Å². The van der Waals surface area contributed by atoms with Gasteiger partial charge in [0, 0.05) is 13.0 Å². The van der Waals surface area contributed by atoms with Crippen LogP contribution in [0.2, 0.25) is 0 Å². The minimum atomic E-state index is -0.773. The predicted octanol–water partition coefficient (Wildman–Crippen LogP) is 0.764. The molecule has 3 unspecified atom stereocenters. The lowest BCUT2D eigenvalue weighted by Crippen LogP contribution is -2.53. The number of rotatable bonds is 4. The van der Waals surface area contributed by atoms with Crippen molar-refractivity contribution in [1.29, 1.82) is 0 Å². The fraction of sp³-hybridized carbons (Fsp3) is 0.786. The monoisotopic (exact) mass is 284 g/mol. The molecule has 0 aromatic carbocycles. The number of hydrogen-bond acceptors (Lipinski definition) is 3. The minimum absolute atomic E-state index is 0.0403. The van der Waals surface area contributed by atoms with E-state index >= 15 is 0 Å². The summed E-state index contributed by atoms with van der Waals surface area (Å²) in [5, 5.41) is 14.6. The summed E-state index contributed by atoms with van der Waals surface area (Å²) < 4.78 is 0. The van der Waals surface area contributed by atoms with Crippen LogP contribution in [-0.4, -0.2) is 35.5 Å². The Hall–Kier alpha value is -1.59. The van der Waals surface area contributed by atoms with Crippen LogP contribution in [0.25, 0.3) is 0 Å². The molecule has 1 rings (SSSR count). The van der Waals surface area contributed by atoms with Gasteiger partial charge in [-0.3, -0.25) is 14.4 Å². The van der Waals surface area contributed by atoms with Crippen molar-refractivity contribution in [2.24, 2.45) is 17.3 Å². The number of aliphatic carboxylic acids is 1. The van der Waals surface area contributed by atoms with E-state index in [9.17, 15) is 19.5 Å². The molecule has 6 nitrogen and oxygen atoms in total. The van der Waals surface area contributed by atoms with Gasteiger partial charge in [0.15, 0.2) is 0 Å². The van der Waals surface area contributed by atoms with Gasteiger partial charge in [-0.1, -0.05) is 20.8 Å². The third-order valence-electron chi connectivity index (χ3n) is 4.58. The highest BCUT2D eigenvalue weighted by molar-refractivity contribution is 5.83. The second-order valence-corrected chi connectivity index (χ2v) is 6.16. The summed E-state index contributed by atoms with van der Waals surface area (Å²) in [6.45, 7) is 7.15. The quantitative estimate of drug-likeness (QED) is 0.710. The standard InChI is InChI=1S/C14H24N2O4/c1-8-11(16-12(18)7-15-9(2)17)6-5-10(13(19)20)14(8,3)4/h8,10-11H,5-7H2,1-4H3,(H,15,17)(H,16,18)(H,19,20). The zero-order valence-corrected chi connectivity index (χ0v) is 12.5. The number of carbonyl (C=O) groups is 3. The lowest BCUT2D eigenvalue weighted by Gasteiger charge is -2.46. The van der Waals surface area contributed by atoms with E-state index in [-0.39, 0.29) is 41.7 Å². The minimum Gasteiger partial charge on any atom is -0.481 e. The molecule has 1 fully saturated rings. The average Bonchev–Trinajstić information content (AvgIpc) is 2.32. The van der Waals surface area contributed by atoms with Gasteiger partial charge in [0.05, 0.1) is 12.5 Å². The molecule has 1 saturated carbocycles. The Bertz CT molecular complexity index is 406. The summed E-state index contributed by atoms with van der Waals surface area (Å²) in [7, 11) is 0. The molecule has 0 radical (unpaired) electrons. The van der Waals surface area contributed by atoms with Crippen molar-refractivity contribution >= 4 is 17.8 Å². The van der Waals surface area contributed by atoms with Crippen LogP contribution >= 0.6 is 0 Å². The van der Waals surface area contributed by atoms with Crippen LogP contribution < -0.4 is 10.6 Å². The van der Waals surface area contributed by atoms with Gasteiger partial charge in [-0.05, 0) is 24.2 Å². The summed E-state index contributed by atoms with van der Waals surface area (Å²) >= 11 is 0. The van der Waals surface area contributed by atoms with Gasteiger partial charge in [-0.15, -0.1) is 0 Å². The van der Waals surface area contributed by atoms with E-state index in [4.69, 9.17) is 0 Å². The maximum Gasteiger partial charge on any atom is 0.307 e. The molecular weight excluding hydrogens is 260 g/mol. The van der Waals surface area contributed by atoms with Gasteiger partial charge in [0.1, 0.15) is 0 Å². The first-order valence-electron chi connectivity index (χ1n) is 6.92. The van der Waals surface area contributed by atoms with E-state index in [1.807, 2.05) is 20.8 Å². The third kappa shape index (κ3) is 3.71. The highest BCUT2D eigenvalue weighted by atomic mass is 16.4. The first kappa shape index (κ1) is 16.5. The van der Waals surface area contributed by atoms with E-state index in [0.29, 0.717) is 12.8 Å². The largest absolute Gasteiger partial charge is 0.481 e. The second-order valence-electron chi connectivity index (χ2n) is 6.16. The van der Waals surface area contributed by atoms with Crippen molar-refractivity contribution in [1.82, 2.24) is 10.6 Å². The van der Waals surface area contributed by atoms with Gasteiger partial charge in [0.25, 0.3) is 0 Å². The van der Waals surface area contributed by atoms with E-state index < -0.39 is 5.97 Å². The Morgan fingerprint density at radius 1 is 1.25 bits per heavy atom. The highest BCUT2D eigenvalue weighted by Crippen LogP contribution is 2.44. The van der Waals surface area contributed by atoms with Crippen molar-refractivity contribution < 1.29 is 19.5 Å². The Morgan fingerprint density at radius 3 is 2.35 bits per heavy atom. The smallest absolute Gasteiger partial charge is 0.307 e. The van der Waals surface area contributed by atoms with Gasteiger partial charge >= 0.3 is 5.97 Å². The van der Waals surface area contributed by atoms with E-state index in [2.05, 4.69) is 10.6 Å². The van der Waals surface area contributed by atoms with E-state index in [1.54, 1.807) is 0 Å². The average molecular weight is 284 g/mol. The lowest BCUT2D eigenvalue weighted by atomic mass is 9.61. The Morgan fingerprint density at radius 2 is 1.85 bits per heavy atom. The Labute approximate surface area is 119 Å². The normalized spacial score (nSPS) is 28.5. The number of hydrogen-bond donors (Lipinski definition) is 3. The zero-order chi connectivity index (χ0) is 15.5. The number of carboxylic acid groups (broad SMARTS) is 1. The number of carboxylic acids is 1. The number of carbonyl (C=O) groups excluding carboxylic acids is 2. The molecule has 3 N–H and O–H groups in total. The summed E-state index contributed by atoms with van der Waals surface area (Å²) in [6, 6.07) is -0.0538. The zero-order valence-electron chi connectivity index (χ0n) is 12.5. The van der Waals surface area contributed by atoms with Gasteiger partial charge < -0.3 is 15.7 Å². The fourth-order valence-corrected chi connectivity index (χ4v) is 2.91. The number of amides is 2. The third-order valence-corrected chi connectivity index (χ3v) is 4.58. The summed E-state index contributed by atoms with van der Waals surface area (Å²) in [4.78, 5) is 33.8. The van der Waals surface area contributed by atoms with Crippen molar-refractivity contribution in [2.45, 2.75) is 46.6 Å². The SMILES string of the molecule is CC(=O)NCC(=O)NC1CCC(C(=O)O)C(C)(C)C1C. The maximum atomic E-state index is 11.7. The van der Waals surface area contributed by atoms with Crippen LogP contribution in [-0.2, 0) is 14.4 Å². The van der Waals surface area contributed by atoms with Crippen LogP contribution in [0.15, 0.2) is 0 Å². The highest BCUT2D eigenvalue weighted by Gasteiger charge is 2.46. The maximum absolute atomic E-state index is 11.7. The van der Waals surface area contributed by atoms with Gasteiger partial charge in [-0.25, -0.2) is 0 Å². The Balaban J connectivity index is 2.64. The molecule has 0 bridgehead atoms. The molecule has 0 aromatic rings. The molecule has 3 atom stereocenters.